The first kappa shape index (κ1) is 19.1. The van der Waals surface area contributed by atoms with Gasteiger partial charge in [-0.1, -0.05) is 0 Å². The fraction of sp³-hybridized carbons (Fsp3) is 0.500. The molecule has 1 amide bonds. The number of hydrogen-bond donors (Lipinski definition) is 1. The molecule has 1 aliphatic rings. The maximum Gasteiger partial charge on any atom is 0.341 e. The monoisotopic (exact) mass is 439 g/mol. The van der Waals surface area contributed by atoms with Gasteiger partial charge in [0.2, 0.25) is 5.91 Å². The Labute approximate surface area is 165 Å². The molecule has 2 aromatic rings. The third-order valence-electron chi connectivity index (χ3n) is 4.49. The van der Waals surface area contributed by atoms with E-state index in [1.165, 1.54) is 16.2 Å². The van der Waals surface area contributed by atoms with Gasteiger partial charge in [0.25, 0.3) is 0 Å². The lowest BCUT2D eigenvalue weighted by molar-refractivity contribution is -0.116. The maximum atomic E-state index is 12.6. The molecule has 2 aromatic heterocycles. The predicted molar refractivity (Wildman–Crippen MR) is 105 cm³/mol. The Morgan fingerprint density at radius 1 is 1.31 bits per heavy atom. The Hall–Kier alpha value is -1.67. The molecule has 0 aliphatic heterocycles. The lowest BCUT2D eigenvalue weighted by atomic mass is 9.95. The Balaban J connectivity index is 1.84. The number of amides is 1. The Bertz CT molecular complexity index is 856. The Morgan fingerprint density at radius 2 is 2.04 bits per heavy atom. The summed E-state index contributed by atoms with van der Waals surface area (Å²) < 4.78 is 7.79. The SMILES string of the molecule is CCOC(=O)c1c(NC(=O)Cn2nc(C)c(Br)c2C)sc2c1CCCC2. The number of carbonyl (C=O) groups is 2. The van der Waals surface area contributed by atoms with Gasteiger partial charge in [0.15, 0.2) is 0 Å². The number of thiophene rings is 1. The highest BCUT2D eigenvalue weighted by atomic mass is 79.9. The van der Waals surface area contributed by atoms with Crippen LogP contribution in [0.15, 0.2) is 4.47 Å². The summed E-state index contributed by atoms with van der Waals surface area (Å²) in [7, 11) is 0. The van der Waals surface area contributed by atoms with Crippen molar-refractivity contribution in [1.82, 2.24) is 9.78 Å². The quantitative estimate of drug-likeness (QED) is 0.713. The fourth-order valence-corrected chi connectivity index (χ4v) is 4.78. The highest BCUT2D eigenvalue weighted by molar-refractivity contribution is 9.10. The summed E-state index contributed by atoms with van der Waals surface area (Å²) in [6, 6.07) is 0. The molecule has 1 aliphatic carbocycles. The lowest BCUT2D eigenvalue weighted by Gasteiger charge is -2.12. The minimum Gasteiger partial charge on any atom is -0.462 e. The van der Waals surface area contributed by atoms with Crippen LogP contribution in [-0.4, -0.2) is 28.3 Å². The number of rotatable bonds is 5. The van der Waals surface area contributed by atoms with E-state index in [1.807, 2.05) is 13.8 Å². The average molecular weight is 440 g/mol. The zero-order valence-electron chi connectivity index (χ0n) is 15.1. The molecule has 0 atom stereocenters. The van der Waals surface area contributed by atoms with E-state index in [4.69, 9.17) is 4.74 Å². The van der Waals surface area contributed by atoms with Crippen molar-refractivity contribution in [1.29, 1.82) is 0 Å². The summed E-state index contributed by atoms with van der Waals surface area (Å²) in [6.07, 6.45) is 3.99. The summed E-state index contributed by atoms with van der Waals surface area (Å²) in [6.45, 7) is 6.00. The van der Waals surface area contributed by atoms with Gasteiger partial charge < -0.3 is 10.1 Å². The number of carbonyl (C=O) groups excluding carboxylic acids is 2. The van der Waals surface area contributed by atoms with Gasteiger partial charge in [-0.15, -0.1) is 11.3 Å². The van der Waals surface area contributed by atoms with Gasteiger partial charge in [-0.05, 0) is 67.9 Å². The van der Waals surface area contributed by atoms with E-state index in [0.717, 1.165) is 47.1 Å². The highest BCUT2D eigenvalue weighted by Gasteiger charge is 2.27. The summed E-state index contributed by atoms with van der Waals surface area (Å²) in [4.78, 5) is 26.2. The van der Waals surface area contributed by atoms with Crippen LogP contribution in [0.1, 0.15) is 52.0 Å². The number of aryl methyl sites for hydroxylation is 2. The first-order valence-corrected chi connectivity index (χ1v) is 10.3. The number of nitrogens with one attached hydrogen (secondary N) is 1. The smallest absolute Gasteiger partial charge is 0.341 e. The molecular formula is C18H22BrN3O3S. The number of esters is 1. The molecule has 0 spiro atoms. The van der Waals surface area contributed by atoms with E-state index in [9.17, 15) is 9.59 Å². The van der Waals surface area contributed by atoms with Crippen LogP contribution in [0.3, 0.4) is 0 Å². The summed E-state index contributed by atoms with van der Waals surface area (Å²) >= 11 is 4.96. The molecule has 0 radical (unpaired) electrons. The van der Waals surface area contributed by atoms with E-state index in [0.29, 0.717) is 17.2 Å². The zero-order valence-corrected chi connectivity index (χ0v) is 17.6. The number of ether oxygens (including phenoxy) is 1. The molecule has 3 rings (SSSR count). The van der Waals surface area contributed by atoms with E-state index < -0.39 is 0 Å². The van der Waals surface area contributed by atoms with Crippen LogP contribution in [0.5, 0.6) is 0 Å². The lowest BCUT2D eigenvalue weighted by Crippen LogP contribution is -2.21. The molecule has 26 heavy (non-hydrogen) atoms. The topological polar surface area (TPSA) is 73.2 Å². The second kappa shape index (κ2) is 7.92. The Kier molecular flexibility index (Phi) is 5.82. The number of hydrogen-bond acceptors (Lipinski definition) is 5. The van der Waals surface area contributed by atoms with Crippen LogP contribution < -0.4 is 5.32 Å². The van der Waals surface area contributed by atoms with Crippen molar-refractivity contribution in [3.05, 3.63) is 31.9 Å². The van der Waals surface area contributed by atoms with Crippen molar-refractivity contribution >= 4 is 44.1 Å². The van der Waals surface area contributed by atoms with Crippen LogP contribution in [-0.2, 0) is 28.9 Å². The summed E-state index contributed by atoms with van der Waals surface area (Å²) in [5.41, 5.74) is 3.32. The Morgan fingerprint density at radius 3 is 2.69 bits per heavy atom. The van der Waals surface area contributed by atoms with Crippen LogP contribution in [0, 0.1) is 13.8 Å². The fourth-order valence-electron chi connectivity index (χ4n) is 3.20. The van der Waals surface area contributed by atoms with Crippen molar-refractivity contribution in [2.75, 3.05) is 11.9 Å². The van der Waals surface area contributed by atoms with Gasteiger partial charge in [0.1, 0.15) is 11.5 Å². The highest BCUT2D eigenvalue weighted by Crippen LogP contribution is 2.38. The van der Waals surface area contributed by atoms with Gasteiger partial charge >= 0.3 is 5.97 Å². The van der Waals surface area contributed by atoms with Crippen molar-refractivity contribution in [2.45, 2.75) is 53.0 Å². The first-order valence-electron chi connectivity index (χ1n) is 8.73. The third kappa shape index (κ3) is 3.71. The second-order valence-electron chi connectivity index (χ2n) is 6.33. The number of nitrogens with zero attached hydrogens (tertiary/aromatic N) is 2. The minimum absolute atomic E-state index is 0.100. The van der Waals surface area contributed by atoms with E-state index >= 15 is 0 Å². The molecule has 0 fully saturated rings. The molecule has 140 valence electrons. The van der Waals surface area contributed by atoms with Crippen molar-refractivity contribution < 1.29 is 14.3 Å². The van der Waals surface area contributed by atoms with Gasteiger partial charge in [0.05, 0.1) is 28.0 Å². The molecule has 8 heteroatoms. The van der Waals surface area contributed by atoms with E-state index in [-0.39, 0.29) is 18.4 Å². The molecule has 0 saturated carbocycles. The normalized spacial score (nSPS) is 13.4. The molecule has 0 saturated heterocycles. The molecule has 0 bridgehead atoms. The molecule has 6 nitrogen and oxygen atoms in total. The maximum absolute atomic E-state index is 12.6. The molecule has 0 aromatic carbocycles. The molecule has 0 unspecified atom stereocenters. The molecule has 1 N–H and O–H groups in total. The van der Waals surface area contributed by atoms with Gasteiger partial charge in [-0.25, -0.2) is 4.79 Å². The third-order valence-corrected chi connectivity index (χ3v) is 6.85. The van der Waals surface area contributed by atoms with Crippen LogP contribution in [0.25, 0.3) is 0 Å². The van der Waals surface area contributed by atoms with Crippen LogP contribution in [0.4, 0.5) is 5.00 Å². The largest absolute Gasteiger partial charge is 0.462 e. The van der Waals surface area contributed by atoms with E-state index in [1.54, 1.807) is 11.6 Å². The van der Waals surface area contributed by atoms with E-state index in [2.05, 4.69) is 26.3 Å². The van der Waals surface area contributed by atoms with Crippen molar-refractivity contribution in [2.24, 2.45) is 0 Å². The minimum atomic E-state index is -0.351. The number of fused-ring (bicyclic) bond motifs is 1. The van der Waals surface area contributed by atoms with Crippen molar-refractivity contribution in [3.8, 4) is 0 Å². The molecular weight excluding hydrogens is 418 g/mol. The van der Waals surface area contributed by atoms with Crippen LogP contribution >= 0.6 is 27.3 Å². The standard InChI is InChI=1S/C18H22BrN3O3S/c1-4-25-18(24)15-12-7-5-6-8-13(12)26-17(15)20-14(23)9-22-11(3)16(19)10(2)21-22/h4-9H2,1-3H3,(H,20,23). The summed E-state index contributed by atoms with van der Waals surface area (Å²) in [5.74, 6) is -0.552. The second-order valence-corrected chi connectivity index (χ2v) is 8.22. The summed E-state index contributed by atoms with van der Waals surface area (Å²) in [5, 5.41) is 7.88. The number of aromatic nitrogens is 2. The van der Waals surface area contributed by atoms with Gasteiger partial charge in [-0.2, -0.15) is 5.10 Å². The first-order chi connectivity index (χ1) is 12.4. The van der Waals surface area contributed by atoms with Gasteiger partial charge in [-0.3, -0.25) is 9.48 Å². The predicted octanol–water partition coefficient (Wildman–Crippen LogP) is 4.02. The average Bonchev–Trinajstić information content (AvgIpc) is 3.07. The number of halogens is 1. The number of anilines is 1. The zero-order chi connectivity index (χ0) is 18.8. The van der Waals surface area contributed by atoms with Crippen LogP contribution in [0.2, 0.25) is 0 Å². The molecule has 2 heterocycles. The van der Waals surface area contributed by atoms with Crippen molar-refractivity contribution in [3.63, 3.8) is 0 Å². The van der Waals surface area contributed by atoms with Gasteiger partial charge in [0, 0.05) is 4.88 Å².